The van der Waals surface area contributed by atoms with Gasteiger partial charge in [0.15, 0.2) is 0 Å². The van der Waals surface area contributed by atoms with E-state index in [1.54, 1.807) is 21.1 Å². The summed E-state index contributed by atoms with van der Waals surface area (Å²) in [5.41, 5.74) is 0.202. The second-order valence-electron chi connectivity index (χ2n) is 3.15. The molecule has 14 heavy (non-hydrogen) atoms. The van der Waals surface area contributed by atoms with Gasteiger partial charge in [-0.15, -0.1) is 0 Å². The Bertz CT molecular complexity index is 383. The molecule has 5 nitrogen and oxygen atoms in total. The van der Waals surface area contributed by atoms with Crippen LogP contribution in [0, 0.1) is 0 Å². The molecule has 1 unspecified atom stereocenters. The molecule has 0 saturated heterocycles. The molecule has 1 atom stereocenters. The summed E-state index contributed by atoms with van der Waals surface area (Å²) in [6, 6.07) is 0. The van der Waals surface area contributed by atoms with Crippen molar-refractivity contribution >= 4 is 11.6 Å². The lowest BCUT2D eigenvalue weighted by Crippen LogP contribution is -2.23. The highest BCUT2D eigenvalue weighted by molar-refractivity contribution is 6.30. The molecule has 0 aliphatic rings. The lowest BCUT2D eigenvalue weighted by atomic mass is 10.2. The van der Waals surface area contributed by atoms with Gasteiger partial charge in [0.05, 0.1) is 5.69 Å². The van der Waals surface area contributed by atoms with Crippen molar-refractivity contribution in [3.63, 3.8) is 0 Å². The minimum atomic E-state index is -0.772. The first-order chi connectivity index (χ1) is 6.50. The van der Waals surface area contributed by atoms with Crippen LogP contribution in [-0.2, 0) is 14.1 Å². The molecule has 2 N–H and O–H groups in total. The first-order valence-electron chi connectivity index (χ1n) is 4.24. The van der Waals surface area contributed by atoms with Crippen molar-refractivity contribution < 1.29 is 5.11 Å². The van der Waals surface area contributed by atoms with Crippen LogP contribution in [0.2, 0.25) is 5.15 Å². The molecule has 0 spiro atoms. The molecule has 0 fully saturated rings. The molecule has 0 saturated carbocycles. The zero-order valence-corrected chi connectivity index (χ0v) is 9.17. The normalized spacial score (nSPS) is 13.2. The average molecular weight is 220 g/mol. The van der Waals surface area contributed by atoms with Gasteiger partial charge >= 0.3 is 5.69 Å². The number of aromatic nitrogens is 2. The fourth-order valence-corrected chi connectivity index (χ4v) is 1.70. The second-order valence-corrected chi connectivity index (χ2v) is 3.51. The highest BCUT2D eigenvalue weighted by Crippen LogP contribution is 2.19. The van der Waals surface area contributed by atoms with Gasteiger partial charge in [-0.25, -0.2) is 4.79 Å². The summed E-state index contributed by atoms with van der Waals surface area (Å²) in [6.07, 6.45) is -0.772. The zero-order valence-electron chi connectivity index (χ0n) is 8.41. The molecule has 0 aliphatic heterocycles. The van der Waals surface area contributed by atoms with E-state index in [2.05, 4.69) is 5.32 Å². The first-order valence-corrected chi connectivity index (χ1v) is 4.62. The predicted molar refractivity (Wildman–Crippen MR) is 54.6 cm³/mol. The number of imidazole rings is 1. The molecule has 1 rings (SSSR count). The van der Waals surface area contributed by atoms with Crippen molar-refractivity contribution in [2.45, 2.75) is 6.10 Å². The number of halogens is 1. The second kappa shape index (κ2) is 4.16. The van der Waals surface area contributed by atoms with Crippen LogP contribution in [-0.4, -0.2) is 27.8 Å². The number of aliphatic hydroxyl groups excluding tert-OH is 1. The van der Waals surface area contributed by atoms with E-state index in [-0.39, 0.29) is 10.8 Å². The van der Waals surface area contributed by atoms with Gasteiger partial charge in [0.1, 0.15) is 11.3 Å². The van der Waals surface area contributed by atoms with Gasteiger partial charge in [-0.05, 0) is 7.05 Å². The number of nitrogens with one attached hydrogen (secondary N) is 1. The van der Waals surface area contributed by atoms with Crippen molar-refractivity contribution in [1.82, 2.24) is 14.5 Å². The largest absolute Gasteiger partial charge is 0.385 e. The SMILES string of the molecule is CNCC(O)c1c(Cl)n(C)c(=O)n1C. The van der Waals surface area contributed by atoms with Gasteiger partial charge in [0, 0.05) is 20.6 Å². The third kappa shape index (κ3) is 1.70. The monoisotopic (exact) mass is 219 g/mol. The number of likely N-dealkylation sites (N-methyl/N-ethyl adjacent to an activating group) is 1. The summed E-state index contributed by atoms with van der Waals surface area (Å²) in [6.45, 7) is 0.358. The quantitative estimate of drug-likeness (QED) is 0.730. The zero-order chi connectivity index (χ0) is 10.9. The molecule has 0 aliphatic carbocycles. The fraction of sp³-hybridized carbons (Fsp3) is 0.625. The fourth-order valence-electron chi connectivity index (χ4n) is 1.37. The first kappa shape index (κ1) is 11.3. The summed E-state index contributed by atoms with van der Waals surface area (Å²) in [7, 11) is 4.88. The minimum absolute atomic E-state index is 0.236. The molecule has 1 aromatic heterocycles. The van der Waals surface area contributed by atoms with Crippen LogP contribution in [0.15, 0.2) is 4.79 Å². The molecule has 0 amide bonds. The van der Waals surface area contributed by atoms with Crippen LogP contribution in [0.5, 0.6) is 0 Å². The maximum atomic E-state index is 11.4. The third-order valence-corrected chi connectivity index (χ3v) is 2.60. The van der Waals surface area contributed by atoms with Crippen LogP contribution >= 0.6 is 11.6 Å². The Morgan fingerprint density at radius 1 is 1.50 bits per heavy atom. The third-order valence-electron chi connectivity index (χ3n) is 2.15. The summed E-state index contributed by atoms with van der Waals surface area (Å²) in [5, 5.41) is 12.8. The lowest BCUT2D eigenvalue weighted by molar-refractivity contribution is 0.169. The molecule has 6 heteroatoms. The van der Waals surface area contributed by atoms with Gasteiger partial charge in [0.25, 0.3) is 0 Å². The van der Waals surface area contributed by atoms with Gasteiger partial charge in [-0.3, -0.25) is 9.13 Å². The number of rotatable bonds is 3. The standard InChI is InChI=1S/C8H14ClN3O2/c1-10-4-5(13)6-7(9)12(3)8(14)11(6)2/h5,10,13H,4H2,1-3H3. The van der Waals surface area contributed by atoms with Gasteiger partial charge in [-0.2, -0.15) is 0 Å². The topological polar surface area (TPSA) is 59.2 Å². The van der Waals surface area contributed by atoms with E-state index in [0.717, 1.165) is 0 Å². The Kier molecular flexibility index (Phi) is 3.36. The Hall–Kier alpha value is -0.780. The van der Waals surface area contributed by atoms with Crippen molar-refractivity contribution in [2.75, 3.05) is 13.6 Å². The van der Waals surface area contributed by atoms with E-state index >= 15 is 0 Å². The maximum Gasteiger partial charge on any atom is 0.329 e. The summed E-state index contributed by atoms with van der Waals surface area (Å²) < 4.78 is 2.65. The van der Waals surface area contributed by atoms with Crippen LogP contribution in [0.1, 0.15) is 11.8 Å². The van der Waals surface area contributed by atoms with E-state index in [1.807, 2.05) is 0 Å². The highest BCUT2D eigenvalue weighted by atomic mass is 35.5. The van der Waals surface area contributed by atoms with Crippen molar-refractivity contribution in [1.29, 1.82) is 0 Å². The summed E-state index contributed by atoms with van der Waals surface area (Å²) >= 11 is 5.90. The summed E-state index contributed by atoms with van der Waals surface area (Å²) in [4.78, 5) is 11.4. The summed E-state index contributed by atoms with van der Waals surface area (Å²) in [5.74, 6) is 0. The Labute approximate surface area is 86.9 Å². The van der Waals surface area contributed by atoms with E-state index in [1.165, 1.54) is 9.13 Å². The Balaban J connectivity index is 3.21. The van der Waals surface area contributed by atoms with Gasteiger partial charge in [-0.1, -0.05) is 11.6 Å². The van der Waals surface area contributed by atoms with Crippen molar-refractivity contribution in [3.8, 4) is 0 Å². The van der Waals surface area contributed by atoms with Crippen LogP contribution in [0.3, 0.4) is 0 Å². The van der Waals surface area contributed by atoms with Gasteiger partial charge < -0.3 is 10.4 Å². The highest BCUT2D eigenvalue weighted by Gasteiger charge is 2.19. The smallest absolute Gasteiger partial charge is 0.329 e. The molecule has 0 bridgehead atoms. The van der Waals surface area contributed by atoms with Crippen LogP contribution in [0.4, 0.5) is 0 Å². The minimum Gasteiger partial charge on any atom is -0.385 e. The van der Waals surface area contributed by atoms with Crippen molar-refractivity contribution in [3.05, 3.63) is 21.3 Å². The number of hydrogen-bond acceptors (Lipinski definition) is 3. The van der Waals surface area contributed by atoms with E-state index in [0.29, 0.717) is 12.2 Å². The van der Waals surface area contributed by atoms with Crippen LogP contribution < -0.4 is 11.0 Å². The molecule has 1 aromatic rings. The van der Waals surface area contributed by atoms with Crippen LogP contribution in [0.25, 0.3) is 0 Å². The molecular formula is C8H14ClN3O2. The van der Waals surface area contributed by atoms with Gasteiger partial charge in [0.2, 0.25) is 0 Å². The Morgan fingerprint density at radius 2 is 2.07 bits per heavy atom. The van der Waals surface area contributed by atoms with E-state index in [9.17, 15) is 9.90 Å². The molecule has 80 valence electrons. The number of hydrogen-bond donors (Lipinski definition) is 2. The molecule has 0 aromatic carbocycles. The van der Waals surface area contributed by atoms with E-state index < -0.39 is 6.10 Å². The van der Waals surface area contributed by atoms with Crippen molar-refractivity contribution in [2.24, 2.45) is 14.1 Å². The molecule has 1 heterocycles. The number of aliphatic hydroxyl groups is 1. The average Bonchev–Trinajstić information content (AvgIpc) is 2.32. The lowest BCUT2D eigenvalue weighted by Gasteiger charge is -2.10. The van der Waals surface area contributed by atoms with E-state index in [4.69, 9.17) is 11.6 Å². The Morgan fingerprint density at radius 3 is 2.43 bits per heavy atom. The molecule has 0 radical (unpaired) electrons. The predicted octanol–water partition coefficient (Wildman–Crippen LogP) is -0.370. The molecular weight excluding hydrogens is 206 g/mol. The number of nitrogens with zero attached hydrogens (tertiary/aromatic N) is 2. The maximum absolute atomic E-state index is 11.4.